The molecule has 0 aliphatic carbocycles. The van der Waals surface area contributed by atoms with E-state index in [1.54, 1.807) is 29.2 Å². The lowest BCUT2D eigenvalue weighted by atomic mass is 10.2. The van der Waals surface area contributed by atoms with Crippen molar-refractivity contribution >= 4 is 23.6 Å². The molecule has 0 saturated carbocycles. The Hall–Kier alpha value is -1.32. The van der Waals surface area contributed by atoms with Crippen molar-refractivity contribution in [2.75, 3.05) is 13.2 Å². The maximum atomic E-state index is 12.0. The SMILES string of the molecule is O=C(/C=C/c1ccc(Cl)cc1)N1CCC[C@H]1CO. The minimum Gasteiger partial charge on any atom is -0.394 e. The summed E-state index contributed by atoms with van der Waals surface area (Å²) in [5, 5.41) is 9.85. The third-order valence-corrected chi connectivity index (χ3v) is 3.41. The first-order chi connectivity index (χ1) is 8.70. The third-order valence-electron chi connectivity index (χ3n) is 3.16. The maximum absolute atomic E-state index is 12.0. The summed E-state index contributed by atoms with van der Waals surface area (Å²) in [6.07, 6.45) is 5.17. The molecule has 18 heavy (non-hydrogen) atoms. The number of hydrogen-bond acceptors (Lipinski definition) is 2. The van der Waals surface area contributed by atoms with E-state index >= 15 is 0 Å². The van der Waals surface area contributed by atoms with E-state index in [-0.39, 0.29) is 18.6 Å². The van der Waals surface area contributed by atoms with Crippen LogP contribution in [0.15, 0.2) is 30.3 Å². The second kappa shape index (κ2) is 6.03. The largest absolute Gasteiger partial charge is 0.394 e. The Morgan fingerprint density at radius 3 is 2.83 bits per heavy atom. The van der Waals surface area contributed by atoms with Crippen molar-refractivity contribution in [3.8, 4) is 0 Å². The van der Waals surface area contributed by atoms with E-state index in [4.69, 9.17) is 16.7 Å². The van der Waals surface area contributed by atoms with E-state index in [1.807, 2.05) is 12.1 Å². The summed E-state index contributed by atoms with van der Waals surface area (Å²) in [5.74, 6) is -0.0403. The fraction of sp³-hybridized carbons (Fsp3) is 0.357. The standard InChI is InChI=1S/C14H16ClNO2/c15-12-6-3-11(4-7-12)5-8-14(18)16-9-1-2-13(16)10-17/h3-8,13,17H,1-2,9-10H2/b8-5+/t13-/m0/s1. The average molecular weight is 266 g/mol. The van der Waals surface area contributed by atoms with Crippen LogP contribution in [-0.2, 0) is 4.79 Å². The molecule has 0 spiro atoms. The molecule has 4 heteroatoms. The zero-order valence-corrected chi connectivity index (χ0v) is 10.8. The van der Waals surface area contributed by atoms with E-state index in [1.165, 1.54) is 0 Å². The number of aliphatic hydroxyl groups excluding tert-OH is 1. The van der Waals surface area contributed by atoms with Gasteiger partial charge >= 0.3 is 0 Å². The molecule has 1 heterocycles. The molecule has 1 N–H and O–H groups in total. The normalized spacial score (nSPS) is 19.7. The molecule has 0 bridgehead atoms. The first kappa shape index (κ1) is 13.1. The number of aliphatic hydroxyl groups is 1. The van der Waals surface area contributed by atoms with Crippen molar-refractivity contribution in [1.82, 2.24) is 4.90 Å². The summed E-state index contributed by atoms with van der Waals surface area (Å²) in [7, 11) is 0. The van der Waals surface area contributed by atoms with Crippen LogP contribution in [0.2, 0.25) is 5.02 Å². The quantitative estimate of drug-likeness (QED) is 0.853. The third kappa shape index (κ3) is 3.12. The Kier molecular flexibility index (Phi) is 4.39. The molecule has 1 aromatic rings. The fourth-order valence-electron chi connectivity index (χ4n) is 2.15. The second-order valence-electron chi connectivity index (χ2n) is 4.40. The van der Waals surface area contributed by atoms with Crippen molar-refractivity contribution in [3.63, 3.8) is 0 Å². The maximum Gasteiger partial charge on any atom is 0.246 e. The van der Waals surface area contributed by atoms with Gasteiger partial charge in [0.25, 0.3) is 0 Å². The Morgan fingerprint density at radius 2 is 2.17 bits per heavy atom. The van der Waals surface area contributed by atoms with E-state index in [9.17, 15) is 4.79 Å². The van der Waals surface area contributed by atoms with E-state index in [2.05, 4.69) is 0 Å². The molecule has 1 aromatic carbocycles. The highest BCUT2D eigenvalue weighted by atomic mass is 35.5. The molecule has 0 unspecified atom stereocenters. The van der Waals surface area contributed by atoms with E-state index in [0.29, 0.717) is 5.02 Å². The average Bonchev–Trinajstić information content (AvgIpc) is 2.86. The van der Waals surface area contributed by atoms with Crippen molar-refractivity contribution in [3.05, 3.63) is 40.9 Å². The van der Waals surface area contributed by atoms with Gasteiger partial charge in [0, 0.05) is 17.6 Å². The fourth-order valence-corrected chi connectivity index (χ4v) is 2.28. The summed E-state index contributed by atoms with van der Waals surface area (Å²) >= 11 is 5.79. The predicted octanol–water partition coefficient (Wildman–Crippen LogP) is 2.34. The molecular formula is C14H16ClNO2. The van der Waals surface area contributed by atoms with Crippen LogP contribution < -0.4 is 0 Å². The highest BCUT2D eigenvalue weighted by molar-refractivity contribution is 6.30. The Balaban J connectivity index is 2.00. The second-order valence-corrected chi connectivity index (χ2v) is 4.83. The number of carbonyl (C=O) groups is 1. The number of amides is 1. The molecule has 1 atom stereocenters. The van der Waals surface area contributed by atoms with Gasteiger partial charge in [0.15, 0.2) is 0 Å². The molecule has 1 aliphatic heterocycles. The number of hydrogen-bond donors (Lipinski definition) is 1. The monoisotopic (exact) mass is 265 g/mol. The molecule has 1 fully saturated rings. The first-order valence-electron chi connectivity index (χ1n) is 6.06. The van der Waals surface area contributed by atoms with Crippen LogP contribution in [0.5, 0.6) is 0 Å². The molecular weight excluding hydrogens is 250 g/mol. The molecule has 1 amide bonds. The van der Waals surface area contributed by atoms with Crippen LogP contribution in [0.4, 0.5) is 0 Å². The van der Waals surface area contributed by atoms with Gasteiger partial charge in [0.05, 0.1) is 12.6 Å². The van der Waals surface area contributed by atoms with Crippen molar-refractivity contribution < 1.29 is 9.90 Å². The Morgan fingerprint density at radius 1 is 1.44 bits per heavy atom. The van der Waals surface area contributed by atoms with Gasteiger partial charge in [0.2, 0.25) is 5.91 Å². The molecule has 1 aliphatic rings. The smallest absolute Gasteiger partial charge is 0.246 e. The van der Waals surface area contributed by atoms with Crippen molar-refractivity contribution in [2.45, 2.75) is 18.9 Å². The number of carbonyl (C=O) groups excluding carboxylic acids is 1. The van der Waals surface area contributed by atoms with Gasteiger partial charge in [0.1, 0.15) is 0 Å². The lowest BCUT2D eigenvalue weighted by Crippen LogP contribution is -2.36. The predicted molar refractivity (Wildman–Crippen MR) is 72.3 cm³/mol. The Labute approximate surface area is 112 Å². The molecule has 0 radical (unpaired) electrons. The topological polar surface area (TPSA) is 40.5 Å². The summed E-state index contributed by atoms with van der Waals surface area (Å²) in [4.78, 5) is 13.7. The lowest BCUT2D eigenvalue weighted by Gasteiger charge is -2.21. The molecule has 96 valence electrons. The van der Waals surface area contributed by atoms with Gasteiger partial charge in [-0.1, -0.05) is 23.7 Å². The zero-order chi connectivity index (χ0) is 13.0. The number of rotatable bonds is 3. The number of halogens is 1. The van der Waals surface area contributed by atoms with Gasteiger partial charge in [-0.2, -0.15) is 0 Å². The van der Waals surface area contributed by atoms with Crippen LogP contribution in [0.25, 0.3) is 6.08 Å². The summed E-state index contributed by atoms with van der Waals surface area (Å²) in [6, 6.07) is 7.28. The van der Waals surface area contributed by atoms with Crippen LogP contribution >= 0.6 is 11.6 Å². The van der Waals surface area contributed by atoms with Crippen LogP contribution in [0.3, 0.4) is 0 Å². The summed E-state index contributed by atoms with van der Waals surface area (Å²) in [6.45, 7) is 0.773. The van der Waals surface area contributed by atoms with E-state index in [0.717, 1.165) is 24.9 Å². The first-order valence-corrected chi connectivity index (χ1v) is 6.43. The number of likely N-dealkylation sites (tertiary alicyclic amines) is 1. The van der Waals surface area contributed by atoms with Gasteiger partial charge in [-0.3, -0.25) is 4.79 Å². The zero-order valence-electron chi connectivity index (χ0n) is 10.1. The number of nitrogens with zero attached hydrogens (tertiary/aromatic N) is 1. The highest BCUT2D eigenvalue weighted by Crippen LogP contribution is 2.17. The minimum absolute atomic E-state index is 0.0210. The van der Waals surface area contributed by atoms with Gasteiger partial charge in [-0.15, -0.1) is 0 Å². The van der Waals surface area contributed by atoms with Crippen LogP contribution in [0.1, 0.15) is 18.4 Å². The molecule has 1 saturated heterocycles. The van der Waals surface area contributed by atoms with E-state index < -0.39 is 0 Å². The lowest BCUT2D eigenvalue weighted by molar-refractivity contribution is -0.127. The number of benzene rings is 1. The minimum atomic E-state index is -0.0403. The highest BCUT2D eigenvalue weighted by Gasteiger charge is 2.26. The molecule has 3 nitrogen and oxygen atoms in total. The summed E-state index contributed by atoms with van der Waals surface area (Å²) < 4.78 is 0. The van der Waals surface area contributed by atoms with Gasteiger partial charge in [-0.25, -0.2) is 0 Å². The molecule has 2 rings (SSSR count). The summed E-state index contributed by atoms with van der Waals surface area (Å²) in [5.41, 5.74) is 0.937. The van der Waals surface area contributed by atoms with Gasteiger partial charge in [-0.05, 0) is 36.6 Å². The molecule has 0 aromatic heterocycles. The van der Waals surface area contributed by atoms with Crippen LogP contribution in [-0.4, -0.2) is 35.1 Å². The van der Waals surface area contributed by atoms with Crippen LogP contribution in [0, 0.1) is 0 Å². The van der Waals surface area contributed by atoms with Gasteiger partial charge < -0.3 is 10.0 Å². The van der Waals surface area contributed by atoms with Crippen molar-refractivity contribution in [1.29, 1.82) is 0 Å². The van der Waals surface area contributed by atoms with Crippen molar-refractivity contribution in [2.24, 2.45) is 0 Å². The Bertz CT molecular complexity index is 442.